The highest BCUT2D eigenvalue weighted by Crippen LogP contribution is 2.38. The quantitative estimate of drug-likeness (QED) is 0.299. The molecule has 0 unspecified atom stereocenters. The van der Waals surface area contributed by atoms with Gasteiger partial charge in [0.2, 0.25) is 0 Å². The fourth-order valence-corrected chi connectivity index (χ4v) is 5.85. The van der Waals surface area contributed by atoms with Crippen LogP contribution in [0.4, 0.5) is 0 Å². The van der Waals surface area contributed by atoms with E-state index in [-0.39, 0.29) is 12.4 Å². The van der Waals surface area contributed by atoms with Gasteiger partial charge < -0.3 is 9.84 Å². The second kappa shape index (κ2) is 9.68. The zero-order valence-corrected chi connectivity index (χ0v) is 21.0. The maximum atomic E-state index is 11.9. The van der Waals surface area contributed by atoms with Crippen LogP contribution in [0.25, 0.3) is 0 Å². The molecule has 0 fully saturated rings. The zero-order valence-electron chi connectivity index (χ0n) is 13.1. The molecule has 26 heavy (non-hydrogen) atoms. The van der Waals surface area contributed by atoms with Crippen LogP contribution < -0.4 is 10.2 Å². The number of halogens is 5. The van der Waals surface area contributed by atoms with Gasteiger partial charge in [-0.2, -0.15) is 5.10 Å². The first kappa shape index (κ1) is 21.9. The molecule has 0 radical (unpaired) electrons. The number of aromatic hydroxyl groups is 1. The van der Waals surface area contributed by atoms with Gasteiger partial charge in [-0.15, -0.1) is 0 Å². The van der Waals surface area contributed by atoms with Gasteiger partial charge in [-0.25, -0.2) is 5.43 Å². The number of hydrogen-bond acceptors (Lipinski definition) is 4. The Balaban J connectivity index is 2.00. The minimum atomic E-state index is -0.422. The summed E-state index contributed by atoms with van der Waals surface area (Å²) in [5.41, 5.74) is 4.01. The van der Waals surface area contributed by atoms with Crippen LogP contribution in [-0.4, -0.2) is 23.8 Å². The van der Waals surface area contributed by atoms with E-state index in [2.05, 4.69) is 90.2 Å². The molecule has 0 aliphatic heterocycles. The summed E-state index contributed by atoms with van der Waals surface area (Å²) in [4.78, 5) is 11.9. The first-order valence-electron chi connectivity index (χ1n) is 6.97. The molecule has 0 heterocycles. The second-order valence-corrected chi connectivity index (χ2v) is 9.27. The molecule has 0 aliphatic rings. The molecular weight excluding hydrogens is 668 g/mol. The SMILES string of the molecule is Cc1cc(Br)c(OCC(=O)N/N=C\c2c(Br)cc(Br)c(O)c2Br)c(Br)c1. The van der Waals surface area contributed by atoms with Crippen molar-refractivity contribution in [3.63, 3.8) is 0 Å². The number of ether oxygens (including phenoxy) is 1. The molecular formula is C16H11Br5N2O3. The summed E-state index contributed by atoms with van der Waals surface area (Å²) in [5.74, 6) is 0.158. The van der Waals surface area contributed by atoms with E-state index < -0.39 is 5.91 Å². The van der Waals surface area contributed by atoms with Crippen LogP contribution in [0.3, 0.4) is 0 Å². The van der Waals surface area contributed by atoms with Gasteiger partial charge >= 0.3 is 0 Å². The first-order valence-corrected chi connectivity index (χ1v) is 10.9. The molecule has 0 atom stereocenters. The van der Waals surface area contributed by atoms with Gasteiger partial charge in [-0.3, -0.25) is 4.79 Å². The average molecular weight is 679 g/mol. The van der Waals surface area contributed by atoms with E-state index >= 15 is 0 Å². The summed E-state index contributed by atoms with van der Waals surface area (Å²) in [7, 11) is 0. The van der Waals surface area contributed by atoms with E-state index in [1.54, 1.807) is 6.07 Å². The number of phenolic OH excluding ortho intramolecular Hbond substituents is 1. The molecule has 0 spiro atoms. The molecule has 2 aromatic carbocycles. The Morgan fingerprint density at radius 2 is 1.73 bits per heavy atom. The van der Waals surface area contributed by atoms with Crippen LogP contribution in [-0.2, 0) is 4.79 Å². The van der Waals surface area contributed by atoms with Crippen LogP contribution in [0.2, 0.25) is 0 Å². The molecule has 2 N–H and O–H groups in total. The third-order valence-electron chi connectivity index (χ3n) is 3.05. The summed E-state index contributed by atoms with van der Waals surface area (Å²) < 4.78 is 8.69. The highest BCUT2D eigenvalue weighted by atomic mass is 79.9. The lowest BCUT2D eigenvalue weighted by molar-refractivity contribution is -0.123. The Morgan fingerprint density at radius 3 is 2.35 bits per heavy atom. The van der Waals surface area contributed by atoms with Crippen molar-refractivity contribution in [1.29, 1.82) is 0 Å². The normalized spacial score (nSPS) is 11.0. The van der Waals surface area contributed by atoms with Gasteiger partial charge in [0.25, 0.3) is 5.91 Å². The molecule has 10 heteroatoms. The highest BCUT2D eigenvalue weighted by molar-refractivity contribution is 9.12. The van der Waals surface area contributed by atoms with Gasteiger partial charge in [0, 0.05) is 10.0 Å². The number of rotatable bonds is 5. The Bertz CT molecular complexity index is 864. The number of carbonyl (C=O) groups is 1. The number of phenols is 1. The number of nitrogens with one attached hydrogen (secondary N) is 1. The van der Waals surface area contributed by atoms with Crippen LogP contribution in [0.1, 0.15) is 11.1 Å². The van der Waals surface area contributed by atoms with Crippen LogP contribution in [0.15, 0.2) is 45.7 Å². The molecule has 0 aliphatic carbocycles. The van der Waals surface area contributed by atoms with E-state index in [9.17, 15) is 9.90 Å². The molecule has 0 saturated carbocycles. The summed E-state index contributed by atoms with van der Waals surface area (Å²) in [6.07, 6.45) is 1.41. The number of hydrazone groups is 1. The first-order chi connectivity index (χ1) is 12.2. The van der Waals surface area contributed by atoms with Gasteiger partial charge in [-0.05, 0) is 94.4 Å². The topological polar surface area (TPSA) is 70.9 Å². The second-order valence-electron chi connectivity index (χ2n) is 5.06. The van der Waals surface area contributed by atoms with Crippen molar-refractivity contribution in [2.24, 2.45) is 5.10 Å². The van der Waals surface area contributed by atoms with E-state index in [0.29, 0.717) is 24.7 Å². The van der Waals surface area contributed by atoms with Gasteiger partial charge in [0.05, 0.1) is 24.1 Å². The number of carbonyl (C=O) groups excluding carboxylic acids is 1. The fraction of sp³-hybridized carbons (Fsp3) is 0.125. The van der Waals surface area contributed by atoms with Crippen molar-refractivity contribution in [3.8, 4) is 11.5 Å². The van der Waals surface area contributed by atoms with E-state index in [0.717, 1.165) is 14.5 Å². The van der Waals surface area contributed by atoms with E-state index in [1.165, 1.54) is 6.21 Å². The third kappa shape index (κ3) is 5.54. The standard InChI is InChI=1S/C16H11Br5N2O3/c1-7-2-11(19)16(12(20)3-7)26-6-13(24)23-22-5-8-9(17)4-10(18)15(25)14(8)21/h2-5,25H,6H2,1H3,(H,23,24)/b22-5-. The largest absolute Gasteiger partial charge is 0.506 e. The summed E-state index contributed by atoms with van der Waals surface area (Å²) >= 11 is 16.7. The number of benzene rings is 2. The van der Waals surface area contributed by atoms with Crippen molar-refractivity contribution in [1.82, 2.24) is 5.43 Å². The summed E-state index contributed by atoms with van der Waals surface area (Å²) in [5, 5.41) is 13.8. The lowest BCUT2D eigenvalue weighted by atomic mass is 10.2. The van der Waals surface area contributed by atoms with E-state index in [4.69, 9.17) is 4.74 Å². The lowest BCUT2D eigenvalue weighted by Gasteiger charge is -2.10. The number of hydrogen-bond donors (Lipinski definition) is 2. The van der Waals surface area contributed by atoms with Gasteiger partial charge in [0.15, 0.2) is 6.61 Å². The number of nitrogens with zero attached hydrogens (tertiary/aromatic N) is 1. The summed E-state index contributed by atoms with van der Waals surface area (Å²) in [6.45, 7) is 1.75. The monoisotopic (exact) mass is 674 g/mol. The molecule has 5 nitrogen and oxygen atoms in total. The molecule has 0 saturated heterocycles. The van der Waals surface area contributed by atoms with Crippen molar-refractivity contribution in [2.75, 3.05) is 6.61 Å². The molecule has 2 aromatic rings. The zero-order chi connectivity index (χ0) is 19.4. The molecule has 1 amide bonds. The van der Waals surface area contributed by atoms with Gasteiger partial charge in [0.1, 0.15) is 11.5 Å². The van der Waals surface area contributed by atoms with Crippen molar-refractivity contribution in [2.45, 2.75) is 6.92 Å². The predicted molar refractivity (Wildman–Crippen MR) is 119 cm³/mol. The Hall–Kier alpha value is -0.420. The molecule has 0 bridgehead atoms. The van der Waals surface area contributed by atoms with Crippen molar-refractivity contribution in [3.05, 3.63) is 51.7 Å². The van der Waals surface area contributed by atoms with Crippen LogP contribution in [0, 0.1) is 6.92 Å². The van der Waals surface area contributed by atoms with Crippen LogP contribution in [0.5, 0.6) is 11.5 Å². The lowest BCUT2D eigenvalue weighted by Crippen LogP contribution is -2.24. The minimum Gasteiger partial charge on any atom is -0.506 e. The number of amides is 1. The van der Waals surface area contributed by atoms with Crippen LogP contribution >= 0.6 is 79.6 Å². The van der Waals surface area contributed by atoms with Gasteiger partial charge in [-0.1, -0.05) is 15.9 Å². The summed E-state index contributed by atoms with van der Waals surface area (Å²) in [6, 6.07) is 5.47. The Morgan fingerprint density at radius 1 is 1.12 bits per heavy atom. The molecule has 138 valence electrons. The Labute approximate surface area is 192 Å². The molecule has 0 aromatic heterocycles. The fourth-order valence-electron chi connectivity index (χ4n) is 1.88. The highest BCUT2D eigenvalue weighted by Gasteiger charge is 2.13. The smallest absolute Gasteiger partial charge is 0.277 e. The maximum absolute atomic E-state index is 11.9. The average Bonchev–Trinajstić information content (AvgIpc) is 2.55. The number of aryl methyl sites for hydroxylation is 1. The van der Waals surface area contributed by atoms with Crippen molar-refractivity contribution >= 4 is 91.8 Å². The maximum Gasteiger partial charge on any atom is 0.277 e. The molecule has 2 rings (SSSR count). The Kier molecular flexibility index (Phi) is 8.14. The minimum absolute atomic E-state index is 0.0402. The van der Waals surface area contributed by atoms with E-state index in [1.807, 2.05) is 19.1 Å². The third-order valence-corrected chi connectivity index (χ3v) is 6.30. The van der Waals surface area contributed by atoms with Crippen molar-refractivity contribution < 1.29 is 14.6 Å². The predicted octanol–water partition coefficient (Wildman–Crippen LogP) is 6.04.